The Bertz CT molecular complexity index is 1100. The molecule has 0 spiro atoms. The minimum atomic E-state index is -0.579. The Morgan fingerprint density at radius 2 is 2.00 bits per heavy atom. The number of anilines is 1. The highest BCUT2D eigenvalue weighted by atomic mass is 19.1. The van der Waals surface area contributed by atoms with Crippen LogP contribution in [-0.2, 0) is 6.42 Å². The normalized spacial score (nSPS) is 25.1. The summed E-state index contributed by atoms with van der Waals surface area (Å²) in [7, 11) is 0. The number of hydrogen-bond donors (Lipinski definition) is 3. The van der Waals surface area contributed by atoms with Crippen LogP contribution in [-0.4, -0.2) is 77.2 Å². The van der Waals surface area contributed by atoms with Gasteiger partial charge < -0.3 is 16.0 Å². The topological polar surface area (TPSA) is 109 Å². The predicted molar refractivity (Wildman–Crippen MR) is 128 cm³/mol. The first-order chi connectivity index (χ1) is 16.4. The number of halogens is 1. The van der Waals surface area contributed by atoms with Crippen LogP contribution in [0, 0.1) is 23.6 Å². The van der Waals surface area contributed by atoms with E-state index in [1.807, 2.05) is 0 Å². The van der Waals surface area contributed by atoms with Crippen molar-refractivity contribution < 1.29 is 9.18 Å². The highest BCUT2D eigenvalue weighted by Crippen LogP contribution is 2.51. The molecule has 4 atom stereocenters. The molecule has 1 aromatic carbocycles. The van der Waals surface area contributed by atoms with Crippen LogP contribution in [0.1, 0.15) is 12.5 Å². The van der Waals surface area contributed by atoms with Crippen molar-refractivity contribution in [3.05, 3.63) is 52.3 Å². The zero-order valence-corrected chi connectivity index (χ0v) is 19.4. The zero-order valence-electron chi connectivity index (χ0n) is 19.4. The number of aromatic nitrogens is 2. The standard InChI is InChI=1S/C24H32FN7O2/c1-15(31-13-19-18(12-26)20(19)14-31)10-16-2-3-17(11-21(16)25)32-7-4-22(29-24(32)34)28-23(33)30-8-5-27-6-9-30/h2-4,7,11,15,18-20,27H,5-6,8-10,12-14,26H2,1H3,(H,28,29,33,34)/t15?,18?,19-,20+. The molecule has 3 heterocycles. The highest BCUT2D eigenvalue weighted by molar-refractivity contribution is 5.88. The molecule has 2 unspecified atom stereocenters. The van der Waals surface area contributed by atoms with Gasteiger partial charge in [0.05, 0.1) is 5.69 Å². The Morgan fingerprint density at radius 3 is 2.65 bits per heavy atom. The van der Waals surface area contributed by atoms with E-state index in [0.29, 0.717) is 48.5 Å². The van der Waals surface area contributed by atoms with E-state index in [9.17, 15) is 14.0 Å². The van der Waals surface area contributed by atoms with Crippen LogP contribution in [0.5, 0.6) is 0 Å². The lowest BCUT2D eigenvalue weighted by molar-refractivity contribution is 0.204. The van der Waals surface area contributed by atoms with Gasteiger partial charge in [0, 0.05) is 51.5 Å². The van der Waals surface area contributed by atoms with E-state index < -0.39 is 5.69 Å². The highest BCUT2D eigenvalue weighted by Gasteiger charge is 2.55. The van der Waals surface area contributed by atoms with Gasteiger partial charge in [-0.15, -0.1) is 0 Å². The quantitative estimate of drug-likeness (QED) is 0.580. The van der Waals surface area contributed by atoms with Gasteiger partial charge in [-0.2, -0.15) is 4.98 Å². The Kier molecular flexibility index (Phi) is 6.37. The van der Waals surface area contributed by atoms with Crippen molar-refractivity contribution in [1.29, 1.82) is 0 Å². The Hall–Kier alpha value is -2.82. The van der Waals surface area contributed by atoms with Gasteiger partial charge >= 0.3 is 11.7 Å². The molecule has 3 fully saturated rings. The van der Waals surface area contributed by atoms with E-state index in [-0.39, 0.29) is 23.7 Å². The van der Waals surface area contributed by atoms with Crippen molar-refractivity contribution in [3.8, 4) is 5.69 Å². The maximum absolute atomic E-state index is 14.9. The van der Waals surface area contributed by atoms with Crippen LogP contribution < -0.4 is 22.1 Å². The van der Waals surface area contributed by atoms with Crippen LogP contribution >= 0.6 is 0 Å². The summed E-state index contributed by atoms with van der Waals surface area (Å²) in [5, 5.41) is 5.84. The van der Waals surface area contributed by atoms with Crippen molar-refractivity contribution in [2.24, 2.45) is 23.5 Å². The van der Waals surface area contributed by atoms with Gasteiger partial charge in [-0.1, -0.05) is 6.07 Å². The summed E-state index contributed by atoms with van der Waals surface area (Å²) in [4.78, 5) is 33.0. The second kappa shape index (κ2) is 9.44. The number of amides is 2. The smallest absolute Gasteiger partial charge is 0.330 e. The molecule has 4 N–H and O–H groups in total. The fourth-order valence-corrected chi connectivity index (χ4v) is 5.42. The zero-order chi connectivity index (χ0) is 23.8. The van der Waals surface area contributed by atoms with Gasteiger partial charge in [-0.3, -0.25) is 14.8 Å². The van der Waals surface area contributed by atoms with Crippen LogP contribution in [0.2, 0.25) is 0 Å². The second-order valence-corrected chi connectivity index (χ2v) is 9.64. The molecule has 0 bridgehead atoms. The largest absolute Gasteiger partial charge is 0.354 e. The Labute approximate surface area is 198 Å². The van der Waals surface area contributed by atoms with E-state index in [1.54, 1.807) is 23.1 Å². The summed E-state index contributed by atoms with van der Waals surface area (Å²) in [5.74, 6) is 1.94. The van der Waals surface area contributed by atoms with Crippen molar-refractivity contribution in [3.63, 3.8) is 0 Å². The summed E-state index contributed by atoms with van der Waals surface area (Å²) in [6.45, 7) is 7.66. The molecule has 1 aliphatic carbocycles. The lowest BCUT2D eigenvalue weighted by Crippen LogP contribution is -2.48. The molecule has 2 amide bonds. The van der Waals surface area contributed by atoms with Crippen LogP contribution in [0.15, 0.2) is 35.3 Å². The Morgan fingerprint density at radius 1 is 1.26 bits per heavy atom. The number of nitrogens with one attached hydrogen (secondary N) is 2. The van der Waals surface area contributed by atoms with E-state index in [4.69, 9.17) is 5.73 Å². The third-order valence-corrected chi connectivity index (χ3v) is 7.57. The molecule has 2 aromatic rings. The lowest BCUT2D eigenvalue weighted by Gasteiger charge is -2.27. The van der Waals surface area contributed by atoms with Crippen molar-refractivity contribution in [2.75, 3.05) is 51.1 Å². The fraction of sp³-hybridized carbons (Fsp3) is 0.542. The fourth-order valence-electron chi connectivity index (χ4n) is 5.42. The number of fused-ring (bicyclic) bond motifs is 1. The predicted octanol–water partition coefficient (Wildman–Crippen LogP) is 0.876. The summed E-state index contributed by atoms with van der Waals surface area (Å²) in [5.41, 5.74) is 6.26. The molecular weight excluding hydrogens is 437 g/mol. The van der Waals surface area contributed by atoms with Gasteiger partial charge in [0.1, 0.15) is 11.6 Å². The summed E-state index contributed by atoms with van der Waals surface area (Å²) < 4.78 is 16.2. The van der Waals surface area contributed by atoms with Gasteiger partial charge in [-0.25, -0.2) is 14.0 Å². The monoisotopic (exact) mass is 469 g/mol. The third kappa shape index (κ3) is 4.57. The number of benzene rings is 1. The molecule has 1 saturated carbocycles. The first-order valence-corrected chi connectivity index (χ1v) is 12.0. The molecule has 5 rings (SSSR count). The molecule has 10 heteroatoms. The first kappa shape index (κ1) is 22.9. The maximum Gasteiger partial charge on any atom is 0.354 e. The van der Waals surface area contributed by atoms with Crippen LogP contribution in [0.4, 0.5) is 15.0 Å². The number of rotatable bonds is 6. The van der Waals surface area contributed by atoms with Crippen LogP contribution in [0.3, 0.4) is 0 Å². The molecular formula is C24H32FN7O2. The number of urea groups is 1. The van der Waals surface area contributed by atoms with Crippen molar-refractivity contribution >= 4 is 11.8 Å². The molecule has 2 saturated heterocycles. The number of carbonyl (C=O) groups is 1. The number of piperidine rings is 1. The number of hydrogen-bond acceptors (Lipinski definition) is 6. The minimum Gasteiger partial charge on any atom is -0.330 e. The minimum absolute atomic E-state index is 0.177. The van der Waals surface area contributed by atoms with E-state index in [1.165, 1.54) is 16.8 Å². The Balaban J connectivity index is 1.22. The molecule has 34 heavy (non-hydrogen) atoms. The molecule has 0 radical (unpaired) electrons. The summed E-state index contributed by atoms with van der Waals surface area (Å²) in [6, 6.07) is 6.35. The van der Waals surface area contributed by atoms with Crippen molar-refractivity contribution in [2.45, 2.75) is 19.4 Å². The number of carbonyl (C=O) groups excluding carboxylic acids is 1. The molecule has 1 aromatic heterocycles. The van der Waals surface area contributed by atoms with Gasteiger partial charge in [0.25, 0.3) is 0 Å². The summed E-state index contributed by atoms with van der Waals surface area (Å²) >= 11 is 0. The lowest BCUT2D eigenvalue weighted by atomic mass is 10.0. The van der Waals surface area contributed by atoms with Gasteiger partial charge in [0.2, 0.25) is 0 Å². The SMILES string of the molecule is CC(Cc1ccc(-n2ccc(NC(=O)N3CCNCC3)nc2=O)cc1F)N1C[C@@H]2C(CN)[C@@H]2C1. The van der Waals surface area contributed by atoms with E-state index in [0.717, 1.165) is 32.7 Å². The average Bonchev–Trinajstić information content (AvgIpc) is 3.31. The van der Waals surface area contributed by atoms with E-state index >= 15 is 0 Å². The maximum atomic E-state index is 14.9. The molecule has 3 aliphatic rings. The number of piperazine rings is 1. The molecule has 182 valence electrons. The number of likely N-dealkylation sites (tertiary alicyclic amines) is 1. The first-order valence-electron chi connectivity index (χ1n) is 12.0. The molecule has 9 nitrogen and oxygen atoms in total. The molecule has 2 aliphatic heterocycles. The average molecular weight is 470 g/mol. The van der Waals surface area contributed by atoms with Crippen LogP contribution in [0.25, 0.3) is 5.69 Å². The number of nitrogens with two attached hydrogens (primary N) is 1. The summed E-state index contributed by atoms with van der Waals surface area (Å²) in [6.07, 6.45) is 2.12. The number of nitrogens with zero attached hydrogens (tertiary/aromatic N) is 4. The second-order valence-electron chi connectivity index (χ2n) is 9.64. The van der Waals surface area contributed by atoms with Gasteiger partial charge in [0.15, 0.2) is 0 Å². The van der Waals surface area contributed by atoms with E-state index in [2.05, 4.69) is 27.4 Å². The van der Waals surface area contributed by atoms with Gasteiger partial charge in [-0.05, 0) is 61.4 Å². The third-order valence-electron chi connectivity index (χ3n) is 7.57. The van der Waals surface area contributed by atoms with Crippen molar-refractivity contribution in [1.82, 2.24) is 24.7 Å².